The Bertz CT molecular complexity index is 406. The van der Waals surface area contributed by atoms with Crippen molar-refractivity contribution in [2.45, 2.75) is 51.0 Å². The molecule has 0 radical (unpaired) electrons. The van der Waals surface area contributed by atoms with Crippen LogP contribution >= 0.6 is 0 Å². The molecule has 2 aliphatic rings. The van der Waals surface area contributed by atoms with Gasteiger partial charge in [0.05, 0.1) is 12.7 Å². The molecule has 0 amide bonds. The van der Waals surface area contributed by atoms with E-state index in [0.717, 1.165) is 24.3 Å². The second-order valence-corrected chi connectivity index (χ2v) is 5.66. The molecule has 1 aliphatic carbocycles. The quantitative estimate of drug-likeness (QED) is 0.807. The highest BCUT2D eigenvalue weighted by molar-refractivity contribution is 5.40. The number of fused-ring (bicyclic) bond motifs is 1. The minimum atomic E-state index is -0.283. The Morgan fingerprint density at radius 2 is 1.89 bits per heavy atom. The van der Waals surface area contributed by atoms with E-state index in [4.69, 9.17) is 4.74 Å². The van der Waals surface area contributed by atoms with Crippen LogP contribution in [-0.4, -0.2) is 11.7 Å². The maximum atomic E-state index is 10.6. The van der Waals surface area contributed by atoms with Crippen LogP contribution < -0.4 is 4.74 Å². The van der Waals surface area contributed by atoms with Gasteiger partial charge < -0.3 is 9.84 Å². The summed E-state index contributed by atoms with van der Waals surface area (Å²) in [6.07, 6.45) is 8.27. The molecule has 1 fully saturated rings. The number of hydrogen-bond acceptors (Lipinski definition) is 2. The summed E-state index contributed by atoms with van der Waals surface area (Å²) in [5.74, 6) is 1.46. The first-order chi connectivity index (χ1) is 8.84. The van der Waals surface area contributed by atoms with Gasteiger partial charge in [0.25, 0.3) is 0 Å². The summed E-state index contributed by atoms with van der Waals surface area (Å²) >= 11 is 0. The fraction of sp³-hybridized carbons (Fsp3) is 0.625. The molecule has 1 aromatic rings. The molecule has 18 heavy (non-hydrogen) atoms. The topological polar surface area (TPSA) is 29.5 Å². The molecule has 1 aromatic carbocycles. The maximum Gasteiger partial charge on any atom is 0.122 e. The molecule has 2 heteroatoms. The molecule has 2 nitrogen and oxygen atoms in total. The van der Waals surface area contributed by atoms with Gasteiger partial charge in [-0.25, -0.2) is 0 Å². The molecule has 1 unspecified atom stereocenters. The molecule has 1 aliphatic heterocycles. The van der Waals surface area contributed by atoms with Gasteiger partial charge in [-0.3, -0.25) is 0 Å². The number of benzene rings is 1. The van der Waals surface area contributed by atoms with E-state index in [2.05, 4.69) is 6.07 Å². The predicted molar refractivity (Wildman–Crippen MR) is 71.8 cm³/mol. The van der Waals surface area contributed by atoms with Crippen LogP contribution in [0.5, 0.6) is 5.75 Å². The van der Waals surface area contributed by atoms with Crippen molar-refractivity contribution in [3.8, 4) is 5.75 Å². The van der Waals surface area contributed by atoms with E-state index in [-0.39, 0.29) is 6.10 Å². The summed E-state index contributed by atoms with van der Waals surface area (Å²) in [6, 6.07) is 6.22. The number of aliphatic hydroxyl groups excluding tert-OH is 1. The fourth-order valence-electron chi connectivity index (χ4n) is 3.29. The molecule has 98 valence electrons. The van der Waals surface area contributed by atoms with Gasteiger partial charge in [0.2, 0.25) is 0 Å². The normalized spacial score (nSPS) is 22.1. The third-order valence-corrected chi connectivity index (χ3v) is 4.40. The van der Waals surface area contributed by atoms with Crippen LogP contribution in [0.4, 0.5) is 0 Å². The lowest BCUT2D eigenvalue weighted by Crippen LogP contribution is -2.12. The van der Waals surface area contributed by atoms with Crippen LogP contribution in [-0.2, 0) is 6.42 Å². The number of aliphatic hydroxyl groups is 1. The van der Waals surface area contributed by atoms with Crippen molar-refractivity contribution in [1.29, 1.82) is 0 Å². The van der Waals surface area contributed by atoms with Crippen LogP contribution in [0.1, 0.15) is 55.8 Å². The minimum Gasteiger partial charge on any atom is -0.493 e. The first-order valence-electron chi connectivity index (χ1n) is 7.28. The van der Waals surface area contributed by atoms with Crippen molar-refractivity contribution >= 4 is 0 Å². The van der Waals surface area contributed by atoms with E-state index in [1.165, 1.54) is 44.1 Å². The molecular weight excluding hydrogens is 224 g/mol. The molecule has 0 spiro atoms. The van der Waals surface area contributed by atoms with E-state index in [0.29, 0.717) is 5.92 Å². The van der Waals surface area contributed by atoms with Gasteiger partial charge in [-0.15, -0.1) is 0 Å². The van der Waals surface area contributed by atoms with Crippen LogP contribution in [0.3, 0.4) is 0 Å². The molecule has 0 bridgehead atoms. The number of hydrogen-bond donors (Lipinski definition) is 1. The van der Waals surface area contributed by atoms with Crippen molar-refractivity contribution in [2.24, 2.45) is 5.92 Å². The summed E-state index contributed by atoms with van der Waals surface area (Å²) in [4.78, 5) is 0. The predicted octanol–water partition coefficient (Wildman–Crippen LogP) is 3.63. The average molecular weight is 246 g/mol. The summed E-state index contributed by atoms with van der Waals surface area (Å²) in [6.45, 7) is 0.790. The molecule has 1 atom stereocenters. The molecule has 0 saturated heterocycles. The highest BCUT2D eigenvalue weighted by Gasteiger charge is 2.23. The average Bonchev–Trinajstić information content (AvgIpc) is 2.69. The third-order valence-electron chi connectivity index (χ3n) is 4.40. The molecule has 3 rings (SSSR count). The van der Waals surface area contributed by atoms with Crippen LogP contribution in [0.2, 0.25) is 0 Å². The van der Waals surface area contributed by atoms with Gasteiger partial charge in [0, 0.05) is 6.42 Å². The van der Waals surface area contributed by atoms with E-state index in [9.17, 15) is 5.11 Å². The summed E-state index contributed by atoms with van der Waals surface area (Å²) in [5.41, 5.74) is 2.35. The minimum absolute atomic E-state index is 0.283. The van der Waals surface area contributed by atoms with Crippen LogP contribution in [0.15, 0.2) is 18.2 Å². The lowest BCUT2D eigenvalue weighted by molar-refractivity contribution is 0.0987. The van der Waals surface area contributed by atoms with Crippen molar-refractivity contribution in [3.63, 3.8) is 0 Å². The van der Waals surface area contributed by atoms with Gasteiger partial charge in [-0.1, -0.05) is 31.7 Å². The van der Waals surface area contributed by atoms with Gasteiger partial charge in [0.1, 0.15) is 5.75 Å². The molecular formula is C16H22O2. The lowest BCUT2D eigenvalue weighted by atomic mass is 9.89. The van der Waals surface area contributed by atoms with Gasteiger partial charge in [-0.05, 0) is 42.0 Å². The zero-order valence-corrected chi connectivity index (χ0v) is 10.9. The highest BCUT2D eigenvalue weighted by Crippen LogP contribution is 2.36. The Labute approximate surface area is 109 Å². The summed E-state index contributed by atoms with van der Waals surface area (Å²) in [7, 11) is 0. The van der Waals surface area contributed by atoms with Crippen LogP contribution in [0.25, 0.3) is 0 Å². The largest absolute Gasteiger partial charge is 0.493 e. The standard InChI is InChI=1S/C16H22O2/c17-16(12-5-3-1-2-4-6-12)14-7-8-15-13(11-14)9-10-18-15/h7-8,11-12,16-17H,1-6,9-10H2. The summed E-state index contributed by atoms with van der Waals surface area (Å²) < 4.78 is 5.52. The second kappa shape index (κ2) is 5.31. The van der Waals surface area contributed by atoms with E-state index < -0.39 is 0 Å². The van der Waals surface area contributed by atoms with Crippen molar-refractivity contribution < 1.29 is 9.84 Å². The highest BCUT2D eigenvalue weighted by atomic mass is 16.5. The lowest BCUT2D eigenvalue weighted by Gasteiger charge is -2.22. The smallest absolute Gasteiger partial charge is 0.122 e. The maximum absolute atomic E-state index is 10.6. The van der Waals surface area contributed by atoms with E-state index >= 15 is 0 Å². The van der Waals surface area contributed by atoms with Crippen molar-refractivity contribution in [1.82, 2.24) is 0 Å². The monoisotopic (exact) mass is 246 g/mol. The fourth-order valence-corrected chi connectivity index (χ4v) is 3.29. The molecule has 1 saturated carbocycles. The Morgan fingerprint density at radius 1 is 1.11 bits per heavy atom. The zero-order chi connectivity index (χ0) is 12.4. The Morgan fingerprint density at radius 3 is 2.67 bits per heavy atom. The van der Waals surface area contributed by atoms with E-state index in [1.807, 2.05) is 12.1 Å². The van der Waals surface area contributed by atoms with Gasteiger partial charge in [0.15, 0.2) is 0 Å². The number of ether oxygens (including phenoxy) is 1. The summed E-state index contributed by atoms with van der Waals surface area (Å²) in [5, 5.41) is 10.6. The molecule has 1 N–H and O–H groups in total. The Balaban J connectivity index is 1.76. The molecule has 1 heterocycles. The number of rotatable bonds is 2. The second-order valence-electron chi connectivity index (χ2n) is 5.66. The van der Waals surface area contributed by atoms with Crippen molar-refractivity contribution in [3.05, 3.63) is 29.3 Å². The van der Waals surface area contributed by atoms with E-state index in [1.54, 1.807) is 0 Å². The molecule has 0 aromatic heterocycles. The third kappa shape index (κ3) is 2.39. The van der Waals surface area contributed by atoms with Crippen LogP contribution in [0, 0.1) is 5.92 Å². The van der Waals surface area contributed by atoms with Gasteiger partial charge in [-0.2, -0.15) is 0 Å². The first-order valence-corrected chi connectivity index (χ1v) is 7.28. The Hall–Kier alpha value is -1.02. The van der Waals surface area contributed by atoms with Gasteiger partial charge >= 0.3 is 0 Å². The Kier molecular flexibility index (Phi) is 3.55. The SMILES string of the molecule is OC(c1ccc2c(c1)CCO2)C1CCCCCC1. The first kappa shape index (κ1) is 12.0. The zero-order valence-electron chi connectivity index (χ0n) is 10.9. The van der Waals surface area contributed by atoms with Crippen molar-refractivity contribution in [2.75, 3.05) is 6.61 Å².